The molecular weight excluding hydrogens is 336 g/mol. The number of fused-ring (bicyclic) bond motifs is 1. The molecule has 1 aromatic carbocycles. The van der Waals surface area contributed by atoms with E-state index in [2.05, 4.69) is 39.9 Å². The van der Waals surface area contributed by atoms with Gasteiger partial charge in [0.05, 0.1) is 31.1 Å². The summed E-state index contributed by atoms with van der Waals surface area (Å²) in [7, 11) is 0. The number of aromatic nitrogens is 1. The molecule has 1 unspecified atom stereocenters. The molecule has 1 aromatic heterocycles. The number of morpholine rings is 1. The summed E-state index contributed by atoms with van der Waals surface area (Å²) >= 11 is 1.47. The predicted molar refractivity (Wildman–Crippen MR) is 102 cm³/mol. The lowest BCUT2D eigenvalue weighted by Crippen LogP contribution is -2.45. The van der Waals surface area contributed by atoms with Crippen LogP contribution in [0.1, 0.15) is 6.92 Å². The first kappa shape index (κ1) is 16.6. The van der Waals surface area contributed by atoms with Crippen molar-refractivity contribution in [1.29, 1.82) is 0 Å². The number of anilines is 2. The molecule has 2 aliphatic rings. The van der Waals surface area contributed by atoms with Crippen molar-refractivity contribution in [2.24, 2.45) is 0 Å². The summed E-state index contributed by atoms with van der Waals surface area (Å²) in [6, 6.07) is 6.29. The van der Waals surface area contributed by atoms with Crippen LogP contribution in [0, 0.1) is 0 Å². The molecule has 4 rings (SSSR count). The number of benzene rings is 1. The molecular formula is C18H24N4O2S. The van der Waals surface area contributed by atoms with Crippen LogP contribution in [-0.4, -0.2) is 61.9 Å². The average molecular weight is 360 g/mol. The Labute approximate surface area is 152 Å². The van der Waals surface area contributed by atoms with Crippen molar-refractivity contribution in [3.05, 3.63) is 23.6 Å². The molecule has 6 nitrogen and oxygen atoms in total. The summed E-state index contributed by atoms with van der Waals surface area (Å²) in [5.41, 5.74) is 8.95. The molecule has 1 fully saturated rings. The highest BCUT2D eigenvalue weighted by atomic mass is 32.1. The van der Waals surface area contributed by atoms with Crippen molar-refractivity contribution in [3.63, 3.8) is 0 Å². The Kier molecular flexibility index (Phi) is 4.78. The van der Waals surface area contributed by atoms with Gasteiger partial charge in [0.25, 0.3) is 0 Å². The number of hydrogen-bond donors (Lipinski definition) is 1. The maximum absolute atomic E-state index is 6.03. The lowest BCUT2D eigenvalue weighted by Gasteiger charge is -2.37. The van der Waals surface area contributed by atoms with Gasteiger partial charge in [-0.2, -0.15) is 0 Å². The molecule has 1 atom stereocenters. The van der Waals surface area contributed by atoms with E-state index in [0.29, 0.717) is 5.13 Å². The summed E-state index contributed by atoms with van der Waals surface area (Å²) < 4.78 is 11.5. The first-order chi connectivity index (χ1) is 12.2. The molecule has 0 radical (unpaired) electrons. The van der Waals surface area contributed by atoms with Crippen molar-refractivity contribution in [2.75, 3.05) is 56.6 Å². The molecule has 7 heteroatoms. The molecule has 0 amide bonds. The highest BCUT2D eigenvalue weighted by Crippen LogP contribution is 2.37. The second-order valence-electron chi connectivity index (χ2n) is 6.58. The topological polar surface area (TPSA) is 63.9 Å². The lowest BCUT2D eigenvalue weighted by atomic mass is 10.1. The molecule has 2 aromatic rings. The van der Waals surface area contributed by atoms with E-state index in [-0.39, 0.29) is 6.10 Å². The Balaban J connectivity index is 1.54. The Morgan fingerprint density at radius 1 is 1.28 bits per heavy atom. The van der Waals surface area contributed by atoms with Gasteiger partial charge in [0.15, 0.2) is 5.13 Å². The van der Waals surface area contributed by atoms with E-state index in [4.69, 9.17) is 15.2 Å². The smallest absolute Gasteiger partial charge is 0.180 e. The third-order valence-electron chi connectivity index (χ3n) is 4.71. The number of nitrogen functional groups attached to an aromatic ring is 1. The van der Waals surface area contributed by atoms with Gasteiger partial charge in [-0.05, 0) is 25.1 Å². The predicted octanol–water partition coefficient (Wildman–Crippen LogP) is 2.31. The van der Waals surface area contributed by atoms with Crippen LogP contribution >= 0.6 is 11.3 Å². The number of rotatable bonds is 4. The van der Waals surface area contributed by atoms with Crippen LogP contribution in [0.4, 0.5) is 10.8 Å². The van der Waals surface area contributed by atoms with Gasteiger partial charge >= 0.3 is 0 Å². The van der Waals surface area contributed by atoms with E-state index in [1.54, 1.807) is 0 Å². The van der Waals surface area contributed by atoms with E-state index in [9.17, 15) is 0 Å². The molecule has 2 aliphatic heterocycles. The number of hydrogen-bond acceptors (Lipinski definition) is 7. The fraction of sp³-hybridized carbons (Fsp3) is 0.500. The van der Waals surface area contributed by atoms with Gasteiger partial charge in [-0.3, -0.25) is 4.90 Å². The van der Waals surface area contributed by atoms with Crippen molar-refractivity contribution < 1.29 is 9.47 Å². The molecule has 1 saturated heterocycles. The highest BCUT2D eigenvalue weighted by Gasteiger charge is 2.24. The number of nitrogens with zero attached hydrogens (tertiary/aromatic N) is 3. The number of nitrogens with two attached hydrogens (primary N) is 1. The maximum Gasteiger partial charge on any atom is 0.180 e. The number of thiazole rings is 1. The normalized spacial score (nSPS) is 21.0. The standard InChI is InChI=1S/C18H24N4O2S/c1-13-11-22(5-4-21-6-8-23-9-7-21)16-10-14(2-3-17(16)24-13)15-12-25-18(19)20-15/h2-3,10,12-13H,4-9,11H2,1H3,(H2,19,20). The monoisotopic (exact) mass is 360 g/mol. The zero-order valence-corrected chi connectivity index (χ0v) is 15.3. The molecule has 0 aliphatic carbocycles. The van der Waals surface area contributed by atoms with Gasteiger partial charge in [-0.1, -0.05) is 0 Å². The Bertz CT molecular complexity index is 730. The van der Waals surface area contributed by atoms with E-state index in [0.717, 1.165) is 68.6 Å². The summed E-state index contributed by atoms with van der Waals surface area (Å²) in [6.07, 6.45) is 0.193. The lowest BCUT2D eigenvalue weighted by molar-refractivity contribution is 0.0388. The van der Waals surface area contributed by atoms with Crippen LogP contribution in [0.25, 0.3) is 11.3 Å². The highest BCUT2D eigenvalue weighted by molar-refractivity contribution is 7.13. The minimum atomic E-state index is 0.193. The van der Waals surface area contributed by atoms with E-state index in [1.807, 2.05) is 5.38 Å². The van der Waals surface area contributed by atoms with Crippen LogP contribution in [0.15, 0.2) is 23.6 Å². The Hall–Kier alpha value is -1.83. The van der Waals surface area contributed by atoms with Crippen molar-refractivity contribution >= 4 is 22.2 Å². The van der Waals surface area contributed by atoms with Crippen LogP contribution in [0.2, 0.25) is 0 Å². The molecule has 3 heterocycles. The van der Waals surface area contributed by atoms with Gasteiger partial charge in [0, 0.05) is 37.1 Å². The van der Waals surface area contributed by atoms with E-state index >= 15 is 0 Å². The molecule has 0 bridgehead atoms. The Morgan fingerprint density at radius 2 is 2.12 bits per heavy atom. The van der Waals surface area contributed by atoms with Crippen LogP contribution in [0.5, 0.6) is 5.75 Å². The summed E-state index contributed by atoms with van der Waals surface area (Å²) in [4.78, 5) is 9.30. The van der Waals surface area contributed by atoms with E-state index in [1.165, 1.54) is 11.3 Å². The Morgan fingerprint density at radius 3 is 2.88 bits per heavy atom. The maximum atomic E-state index is 6.03. The zero-order valence-electron chi connectivity index (χ0n) is 14.5. The molecule has 2 N–H and O–H groups in total. The van der Waals surface area contributed by atoms with Crippen LogP contribution in [0.3, 0.4) is 0 Å². The van der Waals surface area contributed by atoms with Crippen molar-refractivity contribution in [1.82, 2.24) is 9.88 Å². The molecule has 134 valence electrons. The van der Waals surface area contributed by atoms with Gasteiger partial charge in [0.2, 0.25) is 0 Å². The third kappa shape index (κ3) is 3.73. The summed E-state index contributed by atoms with van der Waals surface area (Å²) in [5.74, 6) is 0.952. The minimum Gasteiger partial charge on any atom is -0.487 e. The fourth-order valence-electron chi connectivity index (χ4n) is 3.41. The minimum absolute atomic E-state index is 0.193. The van der Waals surface area contributed by atoms with Gasteiger partial charge in [-0.25, -0.2) is 4.98 Å². The second kappa shape index (κ2) is 7.19. The first-order valence-corrected chi connectivity index (χ1v) is 9.64. The molecule has 0 spiro atoms. The zero-order chi connectivity index (χ0) is 17.2. The first-order valence-electron chi connectivity index (χ1n) is 8.76. The van der Waals surface area contributed by atoms with Gasteiger partial charge in [0.1, 0.15) is 11.9 Å². The largest absolute Gasteiger partial charge is 0.487 e. The van der Waals surface area contributed by atoms with Crippen LogP contribution < -0.4 is 15.4 Å². The van der Waals surface area contributed by atoms with Gasteiger partial charge < -0.3 is 20.1 Å². The molecule has 0 saturated carbocycles. The van der Waals surface area contributed by atoms with Gasteiger partial charge in [-0.15, -0.1) is 11.3 Å². The SMILES string of the molecule is CC1CN(CCN2CCOCC2)c2cc(-c3csc(N)n3)ccc2O1. The summed E-state index contributed by atoms with van der Waals surface area (Å²) in [6.45, 7) is 8.78. The summed E-state index contributed by atoms with van der Waals surface area (Å²) in [5, 5.41) is 2.60. The average Bonchev–Trinajstić information content (AvgIpc) is 3.06. The third-order valence-corrected chi connectivity index (χ3v) is 5.39. The fourth-order valence-corrected chi connectivity index (χ4v) is 3.98. The van der Waals surface area contributed by atoms with Crippen molar-refractivity contribution in [2.45, 2.75) is 13.0 Å². The quantitative estimate of drug-likeness (QED) is 0.903. The van der Waals surface area contributed by atoms with E-state index < -0.39 is 0 Å². The van der Waals surface area contributed by atoms with Crippen LogP contribution in [-0.2, 0) is 4.74 Å². The second-order valence-corrected chi connectivity index (χ2v) is 7.47. The molecule has 25 heavy (non-hydrogen) atoms. The van der Waals surface area contributed by atoms with Crippen molar-refractivity contribution in [3.8, 4) is 17.0 Å². The number of ether oxygens (including phenoxy) is 2.